The average Bonchev–Trinajstić information content (AvgIpc) is 2.35. The Labute approximate surface area is 132 Å². The van der Waals surface area contributed by atoms with Gasteiger partial charge in [-0.1, -0.05) is 12.2 Å². The number of alkyl carbamates (subject to hydrolysis) is 1. The molecule has 130 valence electrons. The maximum atomic E-state index is 12.2. The fraction of sp³-hybridized carbons (Fsp3) is 0.786. The number of aliphatic hydroxyl groups is 1. The molecule has 2 N–H and O–H groups in total. The van der Waals surface area contributed by atoms with Crippen LogP contribution in [0.15, 0.2) is 12.2 Å². The topological polar surface area (TPSA) is 94.1 Å². The van der Waals surface area contributed by atoms with Crippen LogP contribution in [0.2, 0.25) is 0 Å². The monoisotopic (exact) mass is 337 g/mol. The van der Waals surface area contributed by atoms with Crippen LogP contribution in [0.1, 0.15) is 34.6 Å². The predicted molar refractivity (Wildman–Crippen MR) is 85.1 cm³/mol. The number of carbonyl (C=O) groups is 1. The smallest absolute Gasteiger partial charge is 0.408 e. The van der Waals surface area contributed by atoms with Crippen molar-refractivity contribution in [2.45, 2.75) is 46.3 Å². The molecule has 7 nitrogen and oxygen atoms in total. The first-order valence-corrected chi connectivity index (χ1v) is 9.03. The highest BCUT2D eigenvalue weighted by atomic mass is 31.2. The van der Waals surface area contributed by atoms with Crippen LogP contribution in [0.3, 0.4) is 0 Å². The number of carbonyl (C=O) groups excluding carboxylic acids is 1. The summed E-state index contributed by atoms with van der Waals surface area (Å²) in [5.41, 5.74) is -0.618. The van der Waals surface area contributed by atoms with Gasteiger partial charge in [-0.3, -0.25) is 4.57 Å². The Morgan fingerprint density at radius 3 is 2.23 bits per heavy atom. The highest BCUT2D eigenvalue weighted by Gasteiger charge is 2.22. The summed E-state index contributed by atoms with van der Waals surface area (Å²) in [5.74, 6) is 0. The molecule has 1 atom stereocenters. The van der Waals surface area contributed by atoms with Gasteiger partial charge in [-0.05, 0) is 34.6 Å². The van der Waals surface area contributed by atoms with Gasteiger partial charge in [0.05, 0.1) is 32.0 Å². The Balaban J connectivity index is 4.53. The van der Waals surface area contributed by atoms with E-state index in [0.717, 1.165) is 0 Å². The number of allylic oxidation sites excluding steroid dienone is 1. The van der Waals surface area contributed by atoms with Crippen molar-refractivity contribution in [2.75, 3.05) is 26.0 Å². The largest absolute Gasteiger partial charge is 0.444 e. The van der Waals surface area contributed by atoms with Crippen molar-refractivity contribution < 1.29 is 28.3 Å². The number of nitrogens with one attached hydrogen (secondary N) is 1. The number of amides is 1. The Morgan fingerprint density at radius 2 is 1.82 bits per heavy atom. The van der Waals surface area contributed by atoms with Gasteiger partial charge < -0.3 is 24.2 Å². The average molecular weight is 337 g/mol. The number of aliphatic hydroxyl groups excluding tert-OH is 1. The lowest BCUT2D eigenvalue weighted by Gasteiger charge is -2.21. The molecule has 0 rings (SSSR count). The van der Waals surface area contributed by atoms with Crippen LogP contribution in [0.5, 0.6) is 0 Å². The van der Waals surface area contributed by atoms with Gasteiger partial charge in [0.15, 0.2) is 0 Å². The molecule has 0 heterocycles. The van der Waals surface area contributed by atoms with Crippen LogP contribution >= 0.6 is 7.60 Å². The van der Waals surface area contributed by atoms with E-state index in [9.17, 15) is 14.5 Å². The van der Waals surface area contributed by atoms with Crippen molar-refractivity contribution in [3.05, 3.63) is 12.2 Å². The SMILES string of the molecule is CCOP(=O)(C/C=C/C(CO)NC(=O)OC(C)(C)C)OCC. The molecule has 8 heteroatoms. The second-order valence-electron chi connectivity index (χ2n) is 5.49. The van der Waals surface area contributed by atoms with Crippen molar-refractivity contribution in [3.8, 4) is 0 Å². The highest BCUT2D eigenvalue weighted by Crippen LogP contribution is 2.47. The quantitative estimate of drug-likeness (QED) is 0.496. The molecule has 0 aliphatic heterocycles. The molecule has 22 heavy (non-hydrogen) atoms. The molecule has 0 aliphatic carbocycles. The minimum absolute atomic E-state index is 0.0706. The molecule has 0 fully saturated rings. The first kappa shape index (κ1) is 21.1. The maximum absolute atomic E-state index is 12.2. The molecule has 1 amide bonds. The Morgan fingerprint density at radius 1 is 1.27 bits per heavy atom. The van der Waals surface area contributed by atoms with Crippen molar-refractivity contribution in [1.29, 1.82) is 0 Å². The number of ether oxygens (including phenoxy) is 1. The molecule has 0 aromatic heterocycles. The second-order valence-corrected chi connectivity index (χ2v) is 7.60. The van der Waals surface area contributed by atoms with Gasteiger partial charge in [-0.15, -0.1) is 0 Å². The molecule has 0 saturated carbocycles. The summed E-state index contributed by atoms with van der Waals surface area (Å²) in [5, 5.41) is 11.8. The van der Waals surface area contributed by atoms with Crippen LogP contribution in [0.4, 0.5) is 4.79 Å². The second kappa shape index (κ2) is 10.0. The van der Waals surface area contributed by atoms with E-state index in [4.69, 9.17) is 13.8 Å². The number of rotatable bonds is 9. The summed E-state index contributed by atoms with van der Waals surface area (Å²) < 4.78 is 27.6. The minimum atomic E-state index is -3.17. The number of hydrogen-bond acceptors (Lipinski definition) is 6. The van der Waals surface area contributed by atoms with Crippen LogP contribution in [-0.2, 0) is 18.3 Å². The lowest BCUT2D eigenvalue weighted by Crippen LogP contribution is -2.40. The first-order chi connectivity index (χ1) is 10.2. The number of hydrogen-bond donors (Lipinski definition) is 2. The summed E-state index contributed by atoms with van der Waals surface area (Å²) in [6, 6.07) is -0.633. The van der Waals surface area contributed by atoms with E-state index in [2.05, 4.69) is 5.32 Å². The van der Waals surface area contributed by atoms with Crippen LogP contribution in [0, 0.1) is 0 Å². The molecule has 0 aromatic carbocycles. The van der Waals surface area contributed by atoms with Crippen molar-refractivity contribution in [2.24, 2.45) is 0 Å². The zero-order valence-corrected chi connectivity index (χ0v) is 14.9. The van der Waals surface area contributed by atoms with E-state index in [1.807, 2.05) is 0 Å². The van der Waals surface area contributed by atoms with Crippen molar-refractivity contribution in [3.63, 3.8) is 0 Å². The fourth-order valence-electron chi connectivity index (χ4n) is 1.50. The van der Waals surface area contributed by atoms with E-state index < -0.39 is 25.3 Å². The predicted octanol–water partition coefficient (Wildman–Crippen LogP) is 2.69. The summed E-state index contributed by atoms with van der Waals surface area (Å²) in [7, 11) is -3.17. The zero-order chi connectivity index (χ0) is 17.2. The van der Waals surface area contributed by atoms with Gasteiger partial charge in [0.2, 0.25) is 0 Å². The molecule has 0 bridgehead atoms. The summed E-state index contributed by atoms with van der Waals surface area (Å²) in [4.78, 5) is 11.6. The first-order valence-electron chi connectivity index (χ1n) is 7.31. The molecular formula is C14H28NO6P. The third-order valence-electron chi connectivity index (χ3n) is 2.25. The molecule has 0 spiro atoms. The third-order valence-corrected chi connectivity index (χ3v) is 4.21. The fourth-order valence-corrected chi connectivity index (χ4v) is 2.96. The van der Waals surface area contributed by atoms with E-state index in [1.165, 1.54) is 6.08 Å². The Kier molecular flexibility index (Phi) is 9.60. The van der Waals surface area contributed by atoms with Crippen molar-refractivity contribution in [1.82, 2.24) is 5.32 Å². The molecule has 0 aromatic rings. The highest BCUT2D eigenvalue weighted by molar-refractivity contribution is 7.54. The molecule has 0 saturated heterocycles. The molecular weight excluding hydrogens is 309 g/mol. The third kappa shape index (κ3) is 9.95. The molecule has 1 unspecified atom stereocenters. The Bertz CT molecular complexity index is 395. The minimum Gasteiger partial charge on any atom is -0.444 e. The normalized spacial score (nSPS) is 14.1. The van der Waals surface area contributed by atoms with Gasteiger partial charge in [-0.2, -0.15) is 0 Å². The van der Waals surface area contributed by atoms with Gasteiger partial charge >= 0.3 is 13.7 Å². The molecule has 0 aliphatic rings. The van der Waals surface area contributed by atoms with E-state index in [0.29, 0.717) is 0 Å². The van der Waals surface area contributed by atoms with Gasteiger partial charge in [-0.25, -0.2) is 4.79 Å². The molecule has 0 radical (unpaired) electrons. The summed E-state index contributed by atoms with van der Waals surface area (Å²) >= 11 is 0. The van der Waals surface area contributed by atoms with Crippen molar-refractivity contribution >= 4 is 13.7 Å². The van der Waals surface area contributed by atoms with E-state index in [1.54, 1.807) is 40.7 Å². The van der Waals surface area contributed by atoms with Crippen LogP contribution in [-0.4, -0.2) is 48.8 Å². The summed E-state index contributed by atoms with van der Waals surface area (Å²) in [6.45, 7) is 8.97. The summed E-state index contributed by atoms with van der Waals surface area (Å²) in [6.07, 6.45) is 2.54. The standard InChI is InChI=1S/C14H28NO6P/c1-6-19-22(18,20-7-2)10-8-9-12(11-16)15-13(17)21-14(3,4)5/h8-9,12,16H,6-7,10-11H2,1-5H3,(H,15,17)/b9-8+. The zero-order valence-electron chi connectivity index (χ0n) is 14.0. The van der Waals surface area contributed by atoms with Crippen LogP contribution in [0.25, 0.3) is 0 Å². The van der Waals surface area contributed by atoms with Gasteiger partial charge in [0, 0.05) is 0 Å². The lowest BCUT2D eigenvalue weighted by atomic mass is 10.2. The van der Waals surface area contributed by atoms with Gasteiger partial charge in [0.1, 0.15) is 5.60 Å². The van der Waals surface area contributed by atoms with Gasteiger partial charge in [0.25, 0.3) is 0 Å². The Hall–Kier alpha value is -0.880. The van der Waals surface area contributed by atoms with E-state index >= 15 is 0 Å². The lowest BCUT2D eigenvalue weighted by molar-refractivity contribution is 0.0498. The maximum Gasteiger partial charge on any atom is 0.408 e. The van der Waals surface area contributed by atoms with E-state index in [-0.39, 0.29) is 26.0 Å². The van der Waals surface area contributed by atoms with Crippen LogP contribution < -0.4 is 5.32 Å².